The first-order chi connectivity index (χ1) is 9.26. The molecule has 0 heterocycles. The minimum absolute atomic E-state index is 0.643. The molecule has 1 unspecified atom stereocenters. The van der Waals surface area contributed by atoms with E-state index in [-0.39, 0.29) is 0 Å². The summed E-state index contributed by atoms with van der Waals surface area (Å²) in [5, 5.41) is 5.93. The predicted molar refractivity (Wildman–Crippen MR) is 84.9 cm³/mol. The molecule has 2 rings (SSSR count). The highest BCUT2D eigenvalue weighted by Crippen LogP contribution is 2.27. The third kappa shape index (κ3) is 3.27. The Morgan fingerprint density at radius 3 is 2.58 bits per heavy atom. The molecule has 2 nitrogen and oxygen atoms in total. The highest BCUT2D eigenvalue weighted by atomic mass is 15.1. The summed E-state index contributed by atoms with van der Waals surface area (Å²) in [6, 6.07) is 15.2. The fraction of sp³-hybridized carbons (Fsp3) is 0.412. The van der Waals surface area contributed by atoms with Crippen molar-refractivity contribution in [2.24, 2.45) is 5.92 Å². The highest BCUT2D eigenvalue weighted by Gasteiger charge is 2.11. The summed E-state index contributed by atoms with van der Waals surface area (Å²) in [5.41, 5.74) is 1.35. The summed E-state index contributed by atoms with van der Waals surface area (Å²) < 4.78 is 0. The largest absolute Gasteiger partial charge is 0.371 e. The second-order valence-electron chi connectivity index (χ2n) is 5.20. The molecule has 0 fully saturated rings. The van der Waals surface area contributed by atoms with E-state index in [1.165, 1.54) is 16.5 Å². The van der Waals surface area contributed by atoms with E-state index >= 15 is 0 Å². The van der Waals surface area contributed by atoms with Gasteiger partial charge in [0, 0.05) is 24.2 Å². The van der Waals surface area contributed by atoms with Gasteiger partial charge in [-0.25, -0.2) is 0 Å². The summed E-state index contributed by atoms with van der Waals surface area (Å²) >= 11 is 0. The Hall–Kier alpha value is -1.54. The molecule has 19 heavy (non-hydrogen) atoms. The van der Waals surface area contributed by atoms with Gasteiger partial charge in [-0.3, -0.25) is 0 Å². The Balaban J connectivity index is 2.30. The Morgan fingerprint density at radius 1 is 1.11 bits per heavy atom. The van der Waals surface area contributed by atoms with Gasteiger partial charge in [-0.1, -0.05) is 43.3 Å². The van der Waals surface area contributed by atoms with Crippen molar-refractivity contribution in [3.05, 3.63) is 42.5 Å². The number of hydrogen-bond acceptors (Lipinski definition) is 2. The van der Waals surface area contributed by atoms with Crippen LogP contribution in [0.5, 0.6) is 0 Å². The number of fused-ring (bicyclic) bond motifs is 1. The maximum atomic E-state index is 3.26. The van der Waals surface area contributed by atoms with Crippen molar-refractivity contribution in [3.8, 4) is 0 Å². The normalized spacial score (nSPS) is 12.6. The molecule has 0 saturated carbocycles. The van der Waals surface area contributed by atoms with Crippen LogP contribution in [0.1, 0.15) is 13.8 Å². The van der Waals surface area contributed by atoms with Gasteiger partial charge >= 0.3 is 0 Å². The van der Waals surface area contributed by atoms with Gasteiger partial charge in [0.25, 0.3) is 0 Å². The summed E-state index contributed by atoms with van der Waals surface area (Å²) in [5.74, 6) is 0.643. The van der Waals surface area contributed by atoms with E-state index in [9.17, 15) is 0 Å². The van der Waals surface area contributed by atoms with Crippen molar-refractivity contribution in [2.45, 2.75) is 13.8 Å². The fourth-order valence-electron chi connectivity index (χ4n) is 2.67. The monoisotopic (exact) mass is 256 g/mol. The van der Waals surface area contributed by atoms with Gasteiger partial charge in [0.1, 0.15) is 0 Å². The van der Waals surface area contributed by atoms with E-state index in [0.717, 1.165) is 19.6 Å². The number of hydrogen-bond donors (Lipinski definition) is 1. The van der Waals surface area contributed by atoms with Crippen molar-refractivity contribution < 1.29 is 0 Å². The molecule has 1 N–H and O–H groups in total. The van der Waals surface area contributed by atoms with Crippen molar-refractivity contribution in [1.82, 2.24) is 5.32 Å². The van der Waals surface area contributed by atoms with Crippen LogP contribution in [-0.2, 0) is 0 Å². The second kappa shape index (κ2) is 6.58. The van der Waals surface area contributed by atoms with Gasteiger partial charge in [-0.05, 0) is 37.9 Å². The van der Waals surface area contributed by atoms with Crippen LogP contribution in [0.4, 0.5) is 5.69 Å². The van der Waals surface area contributed by atoms with Gasteiger partial charge < -0.3 is 10.2 Å². The maximum absolute atomic E-state index is 3.26. The quantitative estimate of drug-likeness (QED) is 0.850. The van der Waals surface area contributed by atoms with Gasteiger partial charge in [0.05, 0.1) is 0 Å². The molecule has 2 heteroatoms. The standard InChI is InChI=1S/C17H24N2/c1-4-19(13-14(2)12-18-3)17-11-7-9-15-8-5-6-10-16(15)17/h5-11,14,18H,4,12-13H2,1-3H3. The molecule has 2 aromatic carbocycles. The van der Waals surface area contributed by atoms with Crippen molar-refractivity contribution >= 4 is 16.5 Å². The first-order valence-electron chi connectivity index (χ1n) is 7.13. The molecule has 0 aliphatic heterocycles. The molecule has 0 radical (unpaired) electrons. The molecule has 0 amide bonds. The van der Waals surface area contributed by atoms with E-state index in [1.54, 1.807) is 0 Å². The lowest BCUT2D eigenvalue weighted by molar-refractivity contribution is 0.533. The van der Waals surface area contributed by atoms with E-state index < -0.39 is 0 Å². The molecule has 102 valence electrons. The van der Waals surface area contributed by atoms with Crippen molar-refractivity contribution in [2.75, 3.05) is 31.6 Å². The molecule has 2 aromatic rings. The summed E-state index contributed by atoms with van der Waals surface area (Å²) in [6.45, 7) is 7.72. The topological polar surface area (TPSA) is 15.3 Å². The Bertz CT molecular complexity index is 516. The molecule has 0 bridgehead atoms. The van der Waals surface area contributed by atoms with Crippen LogP contribution in [0.25, 0.3) is 10.8 Å². The third-order valence-corrected chi connectivity index (χ3v) is 3.57. The van der Waals surface area contributed by atoms with Crippen LogP contribution in [0.3, 0.4) is 0 Å². The lowest BCUT2D eigenvalue weighted by Gasteiger charge is -2.27. The van der Waals surface area contributed by atoms with Crippen LogP contribution >= 0.6 is 0 Å². The number of rotatable bonds is 6. The molecular weight excluding hydrogens is 232 g/mol. The van der Waals surface area contributed by atoms with Gasteiger partial charge in [-0.2, -0.15) is 0 Å². The smallest absolute Gasteiger partial charge is 0.0445 e. The van der Waals surface area contributed by atoms with Gasteiger partial charge in [0.15, 0.2) is 0 Å². The number of benzene rings is 2. The maximum Gasteiger partial charge on any atom is 0.0445 e. The van der Waals surface area contributed by atoms with Crippen LogP contribution in [0.2, 0.25) is 0 Å². The molecule has 1 atom stereocenters. The SMILES string of the molecule is CCN(CC(C)CNC)c1cccc2ccccc12. The zero-order chi connectivity index (χ0) is 13.7. The lowest BCUT2D eigenvalue weighted by atomic mass is 10.1. The predicted octanol–water partition coefficient (Wildman–Crippen LogP) is 3.52. The average molecular weight is 256 g/mol. The molecule has 0 aliphatic rings. The minimum Gasteiger partial charge on any atom is -0.371 e. The van der Waals surface area contributed by atoms with Crippen LogP contribution < -0.4 is 10.2 Å². The zero-order valence-corrected chi connectivity index (χ0v) is 12.2. The highest BCUT2D eigenvalue weighted by molar-refractivity contribution is 5.94. The van der Waals surface area contributed by atoms with Gasteiger partial charge in [0.2, 0.25) is 0 Å². The fourth-order valence-corrected chi connectivity index (χ4v) is 2.67. The van der Waals surface area contributed by atoms with Gasteiger partial charge in [-0.15, -0.1) is 0 Å². The number of nitrogens with zero attached hydrogens (tertiary/aromatic N) is 1. The van der Waals surface area contributed by atoms with E-state index in [2.05, 4.69) is 66.5 Å². The van der Waals surface area contributed by atoms with E-state index in [1.807, 2.05) is 7.05 Å². The number of nitrogens with one attached hydrogen (secondary N) is 1. The van der Waals surface area contributed by atoms with Crippen molar-refractivity contribution in [3.63, 3.8) is 0 Å². The summed E-state index contributed by atoms with van der Waals surface area (Å²) in [7, 11) is 2.02. The van der Waals surface area contributed by atoms with Crippen LogP contribution in [0, 0.1) is 5.92 Å². The zero-order valence-electron chi connectivity index (χ0n) is 12.2. The molecule has 0 aliphatic carbocycles. The van der Waals surface area contributed by atoms with Crippen LogP contribution in [0.15, 0.2) is 42.5 Å². The Morgan fingerprint density at radius 2 is 1.84 bits per heavy atom. The molecule has 0 aromatic heterocycles. The Kier molecular flexibility index (Phi) is 4.80. The third-order valence-electron chi connectivity index (χ3n) is 3.57. The first kappa shape index (κ1) is 13.9. The van der Waals surface area contributed by atoms with Crippen LogP contribution in [-0.4, -0.2) is 26.7 Å². The Labute approximate surface area is 116 Å². The summed E-state index contributed by atoms with van der Waals surface area (Å²) in [4.78, 5) is 2.48. The van der Waals surface area contributed by atoms with E-state index in [0.29, 0.717) is 5.92 Å². The first-order valence-corrected chi connectivity index (χ1v) is 7.13. The average Bonchev–Trinajstić information content (AvgIpc) is 2.44. The molecule has 0 saturated heterocycles. The lowest BCUT2D eigenvalue weighted by Crippen LogP contribution is -2.32. The second-order valence-corrected chi connectivity index (χ2v) is 5.20. The molecular formula is C17H24N2. The minimum atomic E-state index is 0.643. The summed E-state index contributed by atoms with van der Waals surface area (Å²) in [6.07, 6.45) is 0. The number of anilines is 1. The van der Waals surface area contributed by atoms with E-state index in [4.69, 9.17) is 0 Å². The molecule has 0 spiro atoms. The van der Waals surface area contributed by atoms with Crippen molar-refractivity contribution in [1.29, 1.82) is 0 Å².